The number of halogens is 1. The summed E-state index contributed by atoms with van der Waals surface area (Å²) in [6.45, 7) is 6.60. The highest BCUT2D eigenvalue weighted by molar-refractivity contribution is 5.89. The summed E-state index contributed by atoms with van der Waals surface area (Å²) in [7, 11) is 0. The molecule has 4 aromatic rings. The number of carbonyl (C=O) groups excluding carboxylic acids is 1. The lowest BCUT2D eigenvalue weighted by Crippen LogP contribution is -2.51. The van der Waals surface area contributed by atoms with Gasteiger partial charge in [0.2, 0.25) is 0 Å². The molecule has 1 saturated heterocycles. The summed E-state index contributed by atoms with van der Waals surface area (Å²) in [5.74, 6) is 0.891. The maximum atomic E-state index is 14.0. The number of piperazine rings is 1. The number of hydrogen-bond donors (Lipinski definition) is 1. The molecule has 0 saturated carbocycles. The lowest BCUT2D eigenvalue weighted by molar-refractivity contribution is 0.115. The van der Waals surface area contributed by atoms with Gasteiger partial charge in [-0.15, -0.1) is 0 Å². The van der Waals surface area contributed by atoms with Crippen LogP contribution in [0.25, 0.3) is 16.6 Å². The molecule has 8 nitrogen and oxygen atoms in total. The van der Waals surface area contributed by atoms with Gasteiger partial charge in [0.05, 0.1) is 34.9 Å². The summed E-state index contributed by atoms with van der Waals surface area (Å²) in [6, 6.07) is 20.4. The number of para-hydroxylation sites is 2. The fraction of sp³-hybridized carbons (Fsp3) is 0.276. The Morgan fingerprint density at radius 2 is 1.68 bits per heavy atom. The van der Waals surface area contributed by atoms with E-state index in [1.807, 2.05) is 56.3 Å². The summed E-state index contributed by atoms with van der Waals surface area (Å²) in [5, 5.41) is 3.20. The molecule has 2 heterocycles. The van der Waals surface area contributed by atoms with Gasteiger partial charge in [-0.3, -0.25) is 14.3 Å². The van der Waals surface area contributed by atoms with E-state index in [9.17, 15) is 14.0 Å². The van der Waals surface area contributed by atoms with Crippen LogP contribution in [0.5, 0.6) is 5.75 Å². The van der Waals surface area contributed by atoms with Gasteiger partial charge < -0.3 is 15.0 Å². The van der Waals surface area contributed by atoms with Crippen LogP contribution in [0.15, 0.2) is 77.6 Å². The Morgan fingerprint density at radius 1 is 1.00 bits per heavy atom. The molecule has 0 spiro atoms. The van der Waals surface area contributed by atoms with Crippen molar-refractivity contribution >= 4 is 22.6 Å². The van der Waals surface area contributed by atoms with Crippen LogP contribution in [0.4, 0.5) is 14.9 Å². The average Bonchev–Trinajstić information content (AvgIpc) is 2.95. The first-order chi connectivity index (χ1) is 18.5. The number of fused-ring (bicyclic) bond motifs is 1. The van der Waals surface area contributed by atoms with Crippen LogP contribution >= 0.6 is 0 Å². The number of benzene rings is 3. The monoisotopic (exact) mass is 515 g/mol. The summed E-state index contributed by atoms with van der Waals surface area (Å²) in [4.78, 5) is 35.2. The van der Waals surface area contributed by atoms with Crippen LogP contribution in [0.3, 0.4) is 0 Å². The molecule has 0 radical (unpaired) electrons. The molecule has 38 heavy (non-hydrogen) atoms. The zero-order valence-electron chi connectivity index (χ0n) is 21.4. The van der Waals surface area contributed by atoms with Crippen molar-refractivity contribution in [2.24, 2.45) is 0 Å². The maximum absolute atomic E-state index is 14.0. The molecule has 9 heteroatoms. The predicted octanol–water partition coefficient (Wildman–Crippen LogP) is 4.83. The lowest BCUT2D eigenvalue weighted by atomic mass is 10.1. The zero-order valence-corrected chi connectivity index (χ0v) is 21.4. The van der Waals surface area contributed by atoms with Crippen LogP contribution in [-0.2, 0) is 0 Å². The average molecular weight is 516 g/mol. The second kappa shape index (κ2) is 11.0. The molecule has 1 N–H and O–H groups in total. The number of aromatic nitrogens is 2. The van der Waals surface area contributed by atoms with Crippen molar-refractivity contribution in [3.05, 3.63) is 94.8 Å². The SMILES string of the molecule is CCOc1ccc(-n2c(C(C)N3CCN(C(=O)Nc4ccccc4F)CC3)nc3ccccc3c2=O)cc1. The molecule has 1 aliphatic heterocycles. The Balaban J connectivity index is 1.39. The van der Waals surface area contributed by atoms with Gasteiger partial charge in [-0.2, -0.15) is 0 Å². The number of hydrogen-bond acceptors (Lipinski definition) is 5. The van der Waals surface area contributed by atoms with Crippen molar-refractivity contribution in [2.45, 2.75) is 19.9 Å². The van der Waals surface area contributed by atoms with Gasteiger partial charge in [0.1, 0.15) is 17.4 Å². The Kier molecular flexibility index (Phi) is 7.37. The second-order valence-corrected chi connectivity index (χ2v) is 9.16. The number of rotatable bonds is 6. The Morgan fingerprint density at radius 3 is 2.39 bits per heavy atom. The minimum absolute atomic E-state index is 0.135. The normalized spacial score (nSPS) is 14.9. The number of urea groups is 1. The standard InChI is InChI=1S/C29H30FN5O3/c1-3-38-22-14-12-21(13-15-22)35-27(31-25-10-6-4-8-23(25)28(35)36)20(2)33-16-18-34(19-17-33)29(37)32-26-11-7-5-9-24(26)30/h4-15,20H,3,16-19H2,1-2H3,(H,32,37). The number of ether oxygens (including phenoxy) is 1. The molecule has 1 unspecified atom stereocenters. The van der Waals surface area contributed by atoms with Gasteiger partial charge in [0.25, 0.3) is 5.56 Å². The fourth-order valence-corrected chi connectivity index (χ4v) is 4.77. The summed E-state index contributed by atoms with van der Waals surface area (Å²) in [5.41, 5.74) is 1.38. The topological polar surface area (TPSA) is 79.7 Å². The second-order valence-electron chi connectivity index (χ2n) is 9.16. The van der Waals surface area contributed by atoms with Crippen LogP contribution in [0, 0.1) is 5.82 Å². The highest BCUT2D eigenvalue weighted by atomic mass is 19.1. The summed E-state index contributed by atoms with van der Waals surface area (Å²) in [6.07, 6.45) is 0. The third kappa shape index (κ3) is 5.10. The molecule has 1 aliphatic rings. The minimum Gasteiger partial charge on any atom is -0.494 e. The number of carbonyl (C=O) groups is 1. The van der Waals surface area contributed by atoms with Crippen LogP contribution in [-0.4, -0.2) is 58.2 Å². The van der Waals surface area contributed by atoms with E-state index in [1.54, 1.807) is 27.7 Å². The van der Waals surface area contributed by atoms with Gasteiger partial charge in [-0.05, 0) is 62.4 Å². The van der Waals surface area contributed by atoms with Crippen molar-refractivity contribution < 1.29 is 13.9 Å². The number of nitrogens with zero attached hydrogens (tertiary/aromatic N) is 4. The van der Waals surface area contributed by atoms with Crippen LogP contribution < -0.4 is 15.6 Å². The van der Waals surface area contributed by atoms with Gasteiger partial charge >= 0.3 is 6.03 Å². The summed E-state index contributed by atoms with van der Waals surface area (Å²) >= 11 is 0. The van der Waals surface area contributed by atoms with Crippen molar-refractivity contribution in [1.82, 2.24) is 19.4 Å². The first kappa shape index (κ1) is 25.4. The molecule has 1 fully saturated rings. The van der Waals surface area contributed by atoms with Crippen LogP contribution in [0.1, 0.15) is 25.7 Å². The summed E-state index contributed by atoms with van der Waals surface area (Å²) < 4.78 is 21.2. The third-order valence-electron chi connectivity index (χ3n) is 6.85. The zero-order chi connectivity index (χ0) is 26.6. The van der Waals surface area contributed by atoms with Gasteiger partial charge in [0.15, 0.2) is 0 Å². The largest absolute Gasteiger partial charge is 0.494 e. The number of anilines is 1. The van der Waals surface area contributed by atoms with E-state index in [2.05, 4.69) is 10.2 Å². The highest BCUT2D eigenvalue weighted by Gasteiger charge is 2.28. The van der Waals surface area contributed by atoms with E-state index in [-0.39, 0.29) is 23.3 Å². The van der Waals surface area contributed by atoms with Gasteiger partial charge in [-0.1, -0.05) is 24.3 Å². The van der Waals surface area contributed by atoms with E-state index in [0.717, 1.165) is 5.75 Å². The maximum Gasteiger partial charge on any atom is 0.322 e. The molecule has 5 rings (SSSR count). The van der Waals surface area contributed by atoms with Crippen molar-refractivity contribution in [3.63, 3.8) is 0 Å². The predicted molar refractivity (Wildman–Crippen MR) is 145 cm³/mol. The smallest absolute Gasteiger partial charge is 0.322 e. The lowest BCUT2D eigenvalue weighted by Gasteiger charge is -2.38. The Bertz CT molecular complexity index is 1500. The van der Waals surface area contributed by atoms with Crippen molar-refractivity contribution in [3.8, 4) is 11.4 Å². The fourth-order valence-electron chi connectivity index (χ4n) is 4.77. The molecular weight excluding hydrogens is 485 g/mol. The molecule has 0 bridgehead atoms. The molecule has 3 aromatic carbocycles. The highest BCUT2D eigenvalue weighted by Crippen LogP contribution is 2.25. The third-order valence-corrected chi connectivity index (χ3v) is 6.85. The molecule has 0 aliphatic carbocycles. The first-order valence-electron chi connectivity index (χ1n) is 12.8. The first-order valence-corrected chi connectivity index (χ1v) is 12.8. The van der Waals surface area contributed by atoms with Gasteiger partial charge in [-0.25, -0.2) is 14.2 Å². The van der Waals surface area contributed by atoms with Crippen molar-refractivity contribution in [1.29, 1.82) is 0 Å². The molecule has 2 amide bonds. The van der Waals surface area contributed by atoms with E-state index in [0.29, 0.717) is 55.2 Å². The van der Waals surface area contributed by atoms with E-state index < -0.39 is 5.82 Å². The van der Waals surface area contributed by atoms with E-state index in [1.165, 1.54) is 12.1 Å². The van der Waals surface area contributed by atoms with Gasteiger partial charge in [0, 0.05) is 26.2 Å². The van der Waals surface area contributed by atoms with Crippen LogP contribution in [0.2, 0.25) is 0 Å². The minimum atomic E-state index is -0.470. The van der Waals surface area contributed by atoms with Crippen molar-refractivity contribution in [2.75, 3.05) is 38.1 Å². The molecule has 1 atom stereocenters. The van der Waals surface area contributed by atoms with E-state index >= 15 is 0 Å². The molecule has 1 aromatic heterocycles. The molecular formula is C29H30FN5O3. The molecule has 196 valence electrons. The van der Waals surface area contributed by atoms with E-state index in [4.69, 9.17) is 9.72 Å². The quantitative estimate of drug-likeness (QED) is 0.398. The number of nitrogens with one attached hydrogen (secondary N) is 1. The number of amides is 2. The Labute approximate surface area is 220 Å². The Hall–Kier alpha value is -4.24.